The van der Waals surface area contributed by atoms with E-state index in [-0.39, 0.29) is 6.42 Å². The van der Waals surface area contributed by atoms with Gasteiger partial charge < -0.3 is 46.0 Å². The first-order valence-corrected chi connectivity index (χ1v) is 25.5. The van der Waals surface area contributed by atoms with Gasteiger partial charge in [-0.1, -0.05) is 166 Å². The summed E-state index contributed by atoms with van der Waals surface area (Å²) in [4.78, 5) is 23.4. The monoisotopic (exact) mass is 890 g/mol. The number of amides is 1. The largest absolute Gasteiger partial charge is 0.472 e. The molecule has 1 aliphatic carbocycles. The van der Waals surface area contributed by atoms with E-state index >= 15 is 0 Å². The third-order valence-corrected chi connectivity index (χ3v) is 12.4. The van der Waals surface area contributed by atoms with Gasteiger partial charge in [-0.3, -0.25) is 13.8 Å². The zero-order valence-corrected chi connectivity index (χ0v) is 38.7. The first-order chi connectivity index (χ1) is 29.3. The number of aliphatic hydroxyl groups is 7. The zero-order chi connectivity index (χ0) is 45.1. The fourth-order valence-electron chi connectivity index (χ4n) is 7.49. The highest BCUT2D eigenvalue weighted by Gasteiger charge is 2.51. The summed E-state index contributed by atoms with van der Waals surface area (Å²) in [7, 11) is -5.15. The highest BCUT2D eigenvalue weighted by molar-refractivity contribution is 7.47. The number of carbonyl (C=O) groups excluding carboxylic acids is 1. The van der Waals surface area contributed by atoms with Crippen molar-refractivity contribution in [3.8, 4) is 0 Å². The lowest BCUT2D eigenvalue weighted by Gasteiger charge is -2.41. The molecule has 0 radical (unpaired) electrons. The molecule has 1 aliphatic rings. The lowest BCUT2D eigenvalue weighted by atomic mass is 9.85. The molecule has 0 aromatic carbocycles. The molecule has 0 heterocycles. The van der Waals surface area contributed by atoms with Gasteiger partial charge >= 0.3 is 7.82 Å². The van der Waals surface area contributed by atoms with Crippen LogP contribution >= 0.6 is 7.82 Å². The number of nitrogens with one attached hydrogen (secondary N) is 1. The molecule has 0 bridgehead atoms. The molecular weight excluding hydrogens is 801 g/mol. The Morgan fingerprint density at radius 1 is 0.574 bits per heavy atom. The Hall–Kier alpha value is -1.48. The van der Waals surface area contributed by atoms with Crippen LogP contribution in [0.3, 0.4) is 0 Å². The summed E-state index contributed by atoms with van der Waals surface area (Å²) < 4.78 is 22.8. The third kappa shape index (κ3) is 28.8. The molecule has 13 nitrogen and oxygen atoms in total. The summed E-state index contributed by atoms with van der Waals surface area (Å²) in [6.07, 6.45) is 28.2. The van der Waals surface area contributed by atoms with E-state index in [9.17, 15) is 50.0 Å². The van der Waals surface area contributed by atoms with E-state index < -0.39 is 75.2 Å². The van der Waals surface area contributed by atoms with Gasteiger partial charge in [0.1, 0.15) is 36.6 Å². The van der Waals surface area contributed by atoms with Gasteiger partial charge in [-0.25, -0.2) is 4.57 Å². The molecule has 9 N–H and O–H groups in total. The second-order valence-electron chi connectivity index (χ2n) is 17.1. The van der Waals surface area contributed by atoms with Crippen LogP contribution in [0, 0.1) is 0 Å². The van der Waals surface area contributed by atoms with Gasteiger partial charge in [-0.2, -0.15) is 0 Å². The van der Waals surface area contributed by atoms with Crippen molar-refractivity contribution in [3.63, 3.8) is 0 Å². The van der Waals surface area contributed by atoms with Gasteiger partial charge in [0.05, 0.1) is 31.3 Å². The lowest BCUT2D eigenvalue weighted by Crippen LogP contribution is -2.64. The molecule has 8 unspecified atom stereocenters. The van der Waals surface area contributed by atoms with Gasteiger partial charge in [0, 0.05) is 0 Å². The Morgan fingerprint density at radius 2 is 0.967 bits per heavy atom. The highest BCUT2D eigenvalue weighted by atomic mass is 31.2. The average molecular weight is 890 g/mol. The van der Waals surface area contributed by atoms with Gasteiger partial charge in [0.2, 0.25) is 5.91 Å². The minimum absolute atomic E-state index is 0.264. The Balaban J connectivity index is 2.54. The second kappa shape index (κ2) is 36.8. The number of rotatable bonds is 39. The maximum Gasteiger partial charge on any atom is 0.472 e. The first kappa shape index (κ1) is 57.5. The molecule has 14 heteroatoms. The number of phosphoric ester groups is 1. The standard InChI is InChI=1S/C47H88NO12P/c1-3-5-7-9-11-13-15-16-17-18-19-20-21-22-23-24-25-27-29-31-33-35-40(50)39(37-59-61(57,58)60-47-45(55)43(53)42(52)44(54)46(47)56)48-41(51)36-38(49)34-32-30-28-26-14-12-10-8-6-4-2/h12,14,25,27,33,35,38-40,42-47,49-50,52-56H,3-11,13,15-24,26,28-32,34,36-37H2,1-2H3,(H,48,51)(H,57,58)/b14-12-,27-25+,35-33+. The van der Waals surface area contributed by atoms with E-state index in [1.807, 2.05) is 0 Å². The van der Waals surface area contributed by atoms with E-state index in [0.29, 0.717) is 12.8 Å². The molecule has 0 aliphatic heterocycles. The number of hydrogen-bond acceptors (Lipinski definition) is 11. The minimum Gasteiger partial charge on any atom is -0.393 e. The average Bonchev–Trinajstić information content (AvgIpc) is 3.23. The topological polar surface area (TPSA) is 226 Å². The van der Waals surface area contributed by atoms with Crippen molar-refractivity contribution in [2.45, 2.75) is 249 Å². The molecule has 61 heavy (non-hydrogen) atoms. The number of hydrogen-bond donors (Lipinski definition) is 9. The van der Waals surface area contributed by atoms with Crippen LogP contribution in [0.2, 0.25) is 0 Å². The normalized spacial score (nSPS) is 23.5. The Kier molecular flexibility index (Phi) is 34.7. The van der Waals surface area contributed by atoms with Crippen molar-refractivity contribution < 1.29 is 59.0 Å². The van der Waals surface area contributed by atoms with E-state index in [1.54, 1.807) is 6.08 Å². The SMILES string of the molecule is CCCCC/C=C\CCCCCC(O)CC(=O)NC(COP(=O)(O)OC1C(O)C(O)C(O)C(O)C1O)C(O)/C=C/CC/C=C/CCCCCCCCCCCCCCCCC. The molecule has 358 valence electrons. The molecular formula is C47H88NO12P. The molecule has 1 rings (SSSR count). The zero-order valence-electron chi connectivity index (χ0n) is 37.8. The van der Waals surface area contributed by atoms with E-state index in [1.165, 1.54) is 115 Å². The van der Waals surface area contributed by atoms with Crippen molar-refractivity contribution in [1.82, 2.24) is 5.32 Å². The first-order valence-electron chi connectivity index (χ1n) is 24.0. The minimum atomic E-state index is -5.15. The van der Waals surface area contributed by atoms with Crippen LogP contribution in [-0.4, -0.2) is 108 Å². The Morgan fingerprint density at radius 3 is 1.48 bits per heavy atom. The summed E-state index contributed by atoms with van der Waals surface area (Å²) >= 11 is 0. The summed E-state index contributed by atoms with van der Waals surface area (Å²) in [6.45, 7) is 3.69. The Bertz CT molecular complexity index is 1190. The number of unbranched alkanes of at least 4 members (excludes halogenated alkanes) is 22. The van der Waals surface area contributed by atoms with Crippen LogP contribution < -0.4 is 5.32 Å². The Labute approximate surface area is 368 Å². The fraction of sp³-hybridized carbons (Fsp3) is 0.851. The molecule has 1 saturated carbocycles. The van der Waals surface area contributed by atoms with Crippen LogP contribution in [0.4, 0.5) is 0 Å². The fourth-order valence-corrected chi connectivity index (χ4v) is 8.45. The predicted octanol–water partition coefficient (Wildman–Crippen LogP) is 8.14. The van der Waals surface area contributed by atoms with Crippen LogP contribution in [-0.2, 0) is 18.4 Å². The highest BCUT2D eigenvalue weighted by Crippen LogP contribution is 2.47. The maximum absolute atomic E-state index is 13.0. The van der Waals surface area contributed by atoms with Gasteiger partial charge in [-0.05, 0) is 57.8 Å². The summed E-state index contributed by atoms with van der Waals surface area (Å²) in [5, 5.41) is 74.4. The molecule has 8 atom stereocenters. The van der Waals surface area contributed by atoms with Crippen LogP contribution in [0.5, 0.6) is 0 Å². The molecule has 0 aromatic rings. The van der Waals surface area contributed by atoms with Gasteiger partial charge in [0.25, 0.3) is 0 Å². The number of allylic oxidation sites excluding steroid dienone is 5. The van der Waals surface area contributed by atoms with Gasteiger partial charge in [0.15, 0.2) is 0 Å². The molecule has 0 saturated heterocycles. The van der Waals surface area contributed by atoms with E-state index in [2.05, 4.69) is 43.5 Å². The van der Waals surface area contributed by atoms with Crippen molar-refractivity contribution in [2.24, 2.45) is 0 Å². The second-order valence-corrected chi connectivity index (χ2v) is 18.5. The molecule has 0 spiro atoms. The molecule has 1 amide bonds. The number of phosphoric acid groups is 1. The molecule has 0 aromatic heterocycles. The van der Waals surface area contributed by atoms with Crippen LogP contribution in [0.1, 0.15) is 194 Å². The summed E-state index contributed by atoms with van der Waals surface area (Å²) in [6, 6.07) is -1.26. The number of carbonyl (C=O) groups is 1. The lowest BCUT2D eigenvalue weighted by molar-refractivity contribution is -0.220. The number of aliphatic hydroxyl groups excluding tert-OH is 7. The van der Waals surface area contributed by atoms with Gasteiger partial charge in [-0.15, -0.1) is 0 Å². The van der Waals surface area contributed by atoms with Crippen LogP contribution in [0.15, 0.2) is 36.5 Å². The maximum atomic E-state index is 13.0. The van der Waals surface area contributed by atoms with E-state index in [0.717, 1.165) is 51.4 Å². The van der Waals surface area contributed by atoms with Crippen molar-refractivity contribution in [1.29, 1.82) is 0 Å². The summed E-state index contributed by atoms with van der Waals surface area (Å²) in [5.74, 6) is -0.614. The molecule has 1 fully saturated rings. The van der Waals surface area contributed by atoms with Crippen molar-refractivity contribution >= 4 is 13.7 Å². The smallest absolute Gasteiger partial charge is 0.393 e. The van der Waals surface area contributed by atoms with Crippen molar-refractivity contribution in [3.05, 3.63) is 36.5 Å². The van der Waals surface area contributed by atoms with Crippen LogP contribution in [0.25, 0.3) is 0 Å². The van der Waals surface area contributed by atoms with E-state index in [4.69, 9.17) is 9.05 Å². The third-order valence-electron chi connectivity index (χ3n) is 11.4. The quantitative estimate of drug-likeness (QED) is 0.0162. The summed E-state index contributed by atoms with van der Waals surface area (Å²) in [5.41, 5.74) is 0. The van der Waals surface area contributed by atoms with Crippen molar-refractivity contribution in [2.75, 3.05) is 6.61 Å². The predicted molar refractivity (Wildman–Crippen MR) is 243 cm³/mol.